The van der Waals surface area contributed by atoms with Crippen molar-refractivity contribution in [1.29, 1.82) is 0 Å². The molecule has 0 aliphatic heterocycles. The third kappa shape index (κ3) is 3.07. The largest absolute Gasteiger partial charge is 0.336 e. The van der Waals surface area contributed by atoms with Crippen LogP contribution in [0, 0.1) is 10.1 Å². The Balaban J connectivity index is 3.04. The van der Waals surface area contributed by atoms with Crippen LogP contribution < -0.4 is 0 Å². The van der Waals surface area contributed by atoms with Crippen molar-refractivity contribution in [2.45, 2.75) is 19.4 Å². The fourth-order valence-electron chi connectivity index (χ4n) is 1.31. The van der Waals surface area contributed by atoms with Crippen LogP contribution in [0.4, 0.5) is 5.69 Å². The van der Waals surface area contributed by atoms with Crippen molar-refractivity contribution >= 4 is 27.5 Å². The number of halogens is 1. The third-order valence-corrected chi connectivity index (χ3v) is 4.22. The zero-order chi connectivity index (χ0) is 13.9. The van der Waals surface area contributed by atoms with Crippen molar-refractivity contribution in [3.8, 4) is 0 Å². The predicted molar refractivity (Wildman–Crippen MR) is 73.1 cm³/mol. The Morgan fingerprint density at radius 2 is 2.11 bits per heavy atom. The second kappa shape index (κ2) is 5.48. The van der Waals surface area contributed by atoms with Crippen LogP contribution in [0.5, 0.6) is 0 Å². The average Bonchev–Trinajstić information content (AvgIpc) is 2.37. The number of hydrogen-bond donors (Lipinski definition) is 0. The van der Waals surface area contributed by atoms with E-state index in [9.17, 15) is 14.9 Å². The van der Waals surface area contributed by atoms with Gasteiger partial charge in [0.25, 0.3) is 11.6 Å². The molecule has 0 radical (unpaired) electrons. The highest BCUT2D eigenvalue weighted by Crippen LogP contribution is 2.20. The van der Waals surface area contributed by atoms with Gasteiger partial charge in [0.2, 0.25) is 0 Å². The fraction of sp³-hybridized carbons (Fsp3) is 0.417. The molecule has 0 unspecified atom stereocenters. The first-order chi connectivity index (χ1) is 8.29. The molecule has 1 aromatic rings. The molecule has 0 atom stereocenters. The summed E-state index contributed by atoms with van der Waals surface area (Å²) < 4.78 is 0. The molecule has 0 heterocycles. The molecule has 5 nitrogen and oxygen atoms in total. The van der Waals surface area contributed by atoms with E-state index < -0.39 is 4.92 Å². The minimum Gasteiger partial charge on any atom is -0.336 e. The monoisotopic (exact) mass is 314 g/mol. The van der Waals surface area contributed by atoms with Crippen molar-refractivity contribution in [2.75, 3.05) is 12.4 Å². The molecule has 0 aliphatic carbocycles. The molecular weight excluding hydrogens is 300 g/mol. The number of non-ortho nitro benzene ring substituents is 1. The molecule has 0 bridgehead atoms. The number of benzene rings is 1. The van der Waals surface area contributed by atoms with E-state index in [-0.39, 0.29) is 17.1 Å². The summed E-state index contributed by atoms with van der Waals surface area (Å²) in [5.41, 5.74) is -0.117. The van der Waals surface area contributed by atoms with Crippen LogP contribution in [0.3, 0.4) is 0 Å². The molecule has 0 aliphatic rings. The van der Waals surface area contributed by atoms with Crippen LogP contribution in [0.2, 0.25) is 0 Å². The van der Waals surface area contributed by atoms with Gasteiger partial charge in [0.15, 0.2) is 0 Å². The van der Waals surface area contributed by atoms with Gasteiger partial charge >= 0.3 is 0 Å². The summed E-state index contributed by atoms with van der Waals surface area (Å²) in [4.78, 5) is 23.9. The van der Waals surface area contributed by atoms with Gasteiger partial charge in [0.05, 0.1) is 4.92 Å². The van der Waals surface area contributed by atoms with Gasteiger partial charge in [0.1, 0.15) is 0 Å². The average molecular weight is 315 g/mol. The maximum atomic E-state index is 12.2. The smallest absolute Gasteiger partial charge is 0.270 e. The number of nitrogens with zero attached hydrogens (tertiary/aromatic N) is 2. The molecule has 1 amide bonds. The Morgan fingerprint density at radius 1 is 1.50 bits per heavy atom. The van der Waals surface area contributed by atoms with Crippen molar-refractivity contribution in [2.24, 2.45) is 0 Å². The van der Waals surface area contributed by atoms with E-state index in [1.165, 1.54) is 18.2 Å². The molecule has 0 aromatic heterocycles. The summed E-state index contributed by atoms with van der Waals surface area (Å²) in [6.45, 7) is 3.83. The van der Waals surface area contributed by atoms with Gasteiger partial charge in [-0.2, -0.15) is 0 Å². The number of alkyl halides is 1. The molecule has 0 N–H and O–H groups in total. The third-order valence-electron chi connectivity index (χ3n) is 2.84. The minimum atomic E-state index is -0.508. The lowest BCUT2D eigenvalue weighted by Gasteiger charge is -2.34. The molecule has 0 saturated heterocycles. The van der Waals surface area contributed by atoms with E-state index in [1.54, 1.807) is 18.0 Å². The van der Waals surface area contributed by atoms with Gasteiger partial charge < -0.3 is 4.90 Å². The lowest BCUT2D eigenvalue weighted by molar-refractivity contribution is -0.384. The molecule has 1 aromatic carbocycles. The normalized spacial score (nSPS) is 11.1. The molecule has 18 heavy (non-hydrogen) atoms. The molecular formula is C12H15BrN2O3. The van der Waals surface area contributed by atoms with Gasteiger partial charge in [-0.25, -0.2) is 0 Å². The van der Waals surface area contributed by atoms with Crippen molar-refractivity contribution < 1.29 is 9.72 Å². The Kier molecular flexibility index (Phi) is 4.45. The molecule has 98 valence electrons. The highest BCUT2D eigenvalue weighted by atomic mass is 79.9. The number of carbonyl (C=O) groups excluding carboxylic acids is 1. The second-order valence-corrected chi connectivity index (χ2v) is 5.18. The maximum Gasteiger partial charge on any atom is 0.270 e. The van der Waals surface area contributed by atoms with Gasteiger partial charge in [-0.1, -0.05) is 22.0 Å². The van der Waals surface area contributed by atoms with Crippen LogP contribution in [-0.2, 0) is 0 Å². The molecule has 0 spiro atoms. The lowest BCUT2D eigenvalue weighted by Crippen LogP contribution is -2.46. The second-order valence-electron chi connectivity index (χ2n) is 4.62. The first-order valence-corrected chi connectivity index (χ1v) is 6.50. The highest BCUT2D eigenvalue weighted by molar-refractivity contribution is 9.09. The van der Waals surface area contributed by atoms with E-state index in [1.807, 2.05) is 13.8 Å². The summed E-state index contributed by atoms with van der Waals surface area (Å²) >= 11 is 3.35. The number of amides is 1. The zero-order valence-corrected chi connectivity index (χ0v) is 12.1. The summed E-state index contributed by atoms with van der Waals surface area (Å²) in [6.07, 6.45) is 0. The van der Waals surface area contributed by atoms with Crippen LogP contribution in [0.1, 0.15) is 24.2 Å². The summed E-state index contributed by atoms with van der Waals surface area (Å²) in [5, 5.41) is 11.3. The molecule has 6 heteroatoms. The molecule has 1 rings (SSSR count). The van der Waals surface area contributed by atoms with Crippen molar-refractivity contribution in [3.05, 3.63) is 39.9 Å². The number of hydrogen-bond acceptors (Lipinski definition) is 3. The topological polar surface area (TPSA) is 63.5 Å². The Morgan fingerprint density at radius 3 is 2.61 bits per heavy atom. The van der Waals surface area contributed by atoms with Crippen LogP contribution >= 0.6 is 15.9 Å². The van der Waals surface area contributed by atoms with Gasteiger partial charge in [-0.05, 0) is 19.9 Å². The van der Waals surface area contributed by atoms with Crippen LogP contribution in [-0.4, -0.2) is 33.6 Å². The Bertz CT molecular complexity index is 474. The van der Waals surface area contributed by atoms with E-state index in [0.717, 1.165) is 0 Å². The first-order valence-electron chi connectivity index (χ1n) is 5.38. The van der Waals surface area contributed by atoms with E-state index in [0.29, 0.717) is 10.9 Å². The Hall–Kier alpha value is -1.43. The van der Waals surface area contributed by atoms with E-state index in [4.69, 9.17) is 0 Å². The Labute approximate surface area is 114 Å². The van der Waals surface area contributed by atoms with E-state index in [2.05, 4.69) is 15.9 Å². The summed E-state index contributed by atoms with van der Waals surface area (Å²) in [7, 11) is 1.68. The minimum absolute atomic E-state index is 0.0779. The van der Waals surface area contributed by atoms with Gasteiger partial charge in [0, 0.05) is 35.6 Å². The van der Waals surface area contributed by atoms with E-state index >= 15 is 0 Å². The SMILES string of the molecule is CN(C(=O)c1cccc([N+](=O)[O-])c1)C(C)(C)CBr. The van der Waals surface area contributed by atoms with Gasteiger partial charge in [-0.15, -0.1) is 0 Å². The van der Waals surface area contributed by atoms with Crippen molar-refractivity contribution in [1.82, 2.24) is 4.90 Å². The van der Waals surface area contributed by atoms with Gasteiger partial charge in [-0.3, -0.25) is 14.9 Å². The summed E-state index contributed by atoms with van der Waals surface area (Å²) in [6, 6.07) is 5.76. The summed E-state index contributed by atoms with van der Waals surface area (Å²) in [5.74, 6) is -0.233. The first kappa shape index (κ1) is 14.6. The predicted octanol–water partition coefficient (Wildman–Crippen LogP) is 2.84. The van der Waals surface area contributed by atoms with Crippen LogP contribution in [0.15, 0.2) is 24.3 Å². The number of rotatable bonds is 4. The van der Waals surface area contributed by atoms with Crippen LogP contribution in [0.25, 0.3) is 0 Å². The number of nitro groups is 1. The lowest BCUT2D eigenvalue weighted by atomic mass is 10.0. The maximum absolute atomic E-state index is 12.2. The fourth-order valence-corrected chi connectivity index (χ4v) is 1.69. The standard InChI is InChI=1S/C12H15BrN2O3/c1-12(2,8-13)14(3)11(16)9-5-4-6-10(7-9)15(17)18/h4-7H,8H2,1-3H3. The number of carbonyl (C=O) groups is 1. The number of nitro benzene ring substituents is 1. The van der Waals surface area contributed by atoms with Crippen molar-refractivity contribution in [3.63, 3.8) is 0 Å². The zero-order valence-electron chi connectivity index (χ0n) is 10.5. The highest BCUT2D eigenvalue weighted by Gasteiger charge is 2.27. The molecule has 0 fully saturated rings. The quantitative estimate of drug-likeness (QED) is 0.487. The molecule has 0 saturated carbocycles.